The van der Waals surface area contributed by atoms with Crippen molar-refractivity contribution in [2.24, 2.45) is 0 Å². The number of hydrogen-bond donors (Lipinski definition) is 1. The van der Waals surface area contributed by atoms with Gasteiger partial charge >= 0.3 is 0 Å². The molecule has 0 saturated carbocycles. The number of nitrogens with one attached hydrogen (secondary N) is 1. The number of rotatable bonds is 4. The van der Waals surface area contributed by atoms with Crippen molar-refractivity contribution in [3.63, 3.8) is 0 Å². The molecule has 1 N–H and O–H groups in total. The predicted molar refractivity (Wildman–Crippen MR) is 91.7 cm³/mol. The summed E-state index contributed by atoms with van der Waals surface area (Å²) in [5.41, 5.74) is 1.40. The lowest BCUT2D eigenvalue weighted by atomic mass is 10.1. The quantitative estimate of drug-likeness (QED) is 0.805. The molecule has 116 valence electrons. The molecule has 0 bridgehead atoms. The van der Waals surface area contributed by atoms with Crippen LogP contribution in [0.2, 0.25) is 0 Å². The number of carbonyl (C=O) groups is 1. The molecular formula is C19H18N2O2. The zero-order valence-corrected chi connectivity index (χ0v) is 13.0. The summed E-state index contributed by atoms with van der Waals surface area (Å²) < 4.78 is 1.56. The molecule has 4 nitrogen and oxygen atoms in total. The Morgan fingerprint density at radius 3 is 2.48 bits per heavy atom. The van der Waals surface area contributed by atoms with Crippen LogP contribution in [0.15, 0.2) is 65.5 Å². The van der Waals surface area contributed by atoms with Crippen LogP contribution in [-0.2, 0) is 13.0 Å². The first kappa shape index (κ1) is 15.0. The first-order valence-corrected chi connectivity index (χ1v) is 7.59. The first-order valence-electron chi connectivity index (χ1n) is 7.59. The van der Waals surface area contributed by atoms with E-state index in [0.717, 1.165) is 10.9 Å². The van der Waals surface area contributed by atoms with E-state index in [-0.39, 0.29) is 11.5 Å². The normalized spacial score (nSPS) is 10.7. The Morgan fingerprint density at radius 1 is 1.04 bits per heavy atom. The minimum Gasteiger partial charge on any atom is -0.354 e. The van der Waals surface area contributed by atoms with Crippen LogP contribution >= 0.6 is 0 Å². The average molecular weight is 306 g/mol. The maximum atomic E-state index is 12.8. The molecule has 4 heteroatoms. The molecule has 23 heavy (non-hydrogen) atoms. The van der Waals surface area contributed by atoms with E-state index in [1.165, 1.54) is 0 Å². The number of aromatic nitrogens is 1. The summed E-state index contributed by atoms with van der Waals surface area (Å²) in [6.07, 6.45) is 0.698. The third-order valence-corrected chi connectivity index (χ3v) is 3.95. The number of carbonyl (C=O) groups excluding carboxylic acids is 1. The Morgan fingerprint density at radius 2 is 1.74 bits per heavy atom. The summed E-state index contributed by atoms with van der Waals surface area (Å²) in [6, 6.07) is 19.1. The zero-order valence-electron chi connectivity index (χ0n) is 13.0. The molecule has 3 rings (SSSR count). The standard InChI is InChI=1S/C19H18N2O2/c1-20-18(22)17-13-15-9-5-6-10-16(15)19(23)21(17)12-11-14-7-3-2-4-8-14/h2-10,13H,11-12H2,1H3,(H,20,22). The van der Waals surface area contributed by atoms with Gasteiger partial charge in [0.2, 0.25) is 0 Å². The third-order valence-electron chi connectivity index (χ3n) is 3.95. The van der Waals surface area contributed by atoms with Crippen molar-refractivity contribution in [3.8, 4) is 0 Å². The number of hydrogen-bond acceptors (Lipinski definition) is 2. The smallest absolute Gasteiger partial charge is 0.267 e. The molecule has 3 aromatic rings. The van der Waals surface area contributed by atoms with Crippen molar-refractivity contribution >= 4 is 16.7 Å². The van der Waals surface area contributed by atoms with Gasteiger partial charge in [0.1, 0.15) is 5.69 Å². The summed E-state index contributed by atoms with van der Waals surface area (Å²) in [4.78, 5) is 24.9. The van der Waals surface area contributed by atoms with Gasteiger partial charge < -0.3 is 9.88 Å². The number of aryl methyl sites for hydroxylation is 1. The van der Waals surface area contributed by atoms with Crippen molar-refractivity contribution in [3.05, 3.63) is 82.3 Å². The topological polar surface area (TPSA) is 51.1 Å². The van der Waals surface area contributed by atoms with E-state index in [1.54, 1.807) is 23.7 Å². The van der Waals surface area contributed by atoms with Gasteiger partial charge in [0, 0.05) is 19.0 Å². The molecule has 0 radical (unpaired) electrons. The monoisotopic (exact) mass is 306 g/mol. The van der Waals surface area contributed by atoms with E-state index in [2.05, 4.69) is 5.32 Å². The highest BCUT2D eigenvalue weighted by Crippen LogP contribution is 2.13. The Labute approximate surface area is 134 Å². The second-order valence-electron chi connectivity index (χ2n) is 5.39. The van der Waals surface area contributed by atoms with Crippen LogP contribution in [-0.4, -0.2) is 17.5 Å². The SMILES string of the molecule is CNC(=O)c1cc2ccccc2c(=O)n1CCc1ccccc1. The highest BCUT2D eigenvalue weighted by Gasteiger charge is 2.14. The van der Waals surface area contributed by atoms with E-state index in [1.807, 2.05) is 48.5 Å². The number of pyridine rings is 1. The number of amides is 1. The van der Waals surface area contributed by atoms with Crippen molar-refractivity contribution in [2.45, 2.75) is 13.0 Å². The molecule has 1 amide bonds. The van der Waals surface area contributed by atoms with Gasteiger partial charge in [-0.15, -0.1) is 0 Å². The minimum absolute atomic E-state index is 0.127. The molecule has 1 heterocycles. The molecule has 0 aliphatic carbocycles. The van der Waals surface area contributed by atoms with Crippen LogP contribution < -0.4 is 10.9 Å². The Bertz CT molecular complexity index is 898. The Hall–Kier alpha value is -2.88. The zero-order chi connectivity index (χ0) is 16.2. The highest BCUT2D eigenvalue weighted by atomic mass is 16.2. The molecule has 0 fully saturated rings. The van der Waals surface area contributed by atoms with Gasteiger partial charge in [-0.3, -0.25) is 9.59 Å². The molecule has 0 aliphatic rings. The first-order chi connectivity index (χ1) is 11.2. The maximum absolute atomic E-state index is 12.8. The lowest BCUT2D eigenvalue weighted by Gasteiger charge is -2.13. The van der Waals surface area contributed by atoms with Crippen molar-refractivity contribution in [2.75, 3.05) is 7.05 Å². The molecule has 0 aliphatic heterocycles. The van der Waals surface area contributed by atoms with Gasteiger partial charge in [-0.2, -0.15) is 0 Å². The second-order valence-corrected chi connectivity index (χ2v) is 5.39. The van der Waals surface area contributed by atoms with Crippen molar-refractivity contribution in [1.29, 1.82) is 0 Å². The summed E-state index contributed by atoms with van der Waals surface area (Å²) >= 11 is 0. The number of benzene rings is 2. The van der Waals surface area contributed by atoms with Crippen LogP contribution in [0, 0.1) is 0 Å². The van der Waals surface area contributed by atoms with Gasteiger partial charge in [0.05, 0.1) is 0 Å². The fourth-order valence-electron chi connectivity index (χ4n) is 2.72. The molecular weight excluding hydrogens is 288 g/mol. The molecule has 1 aromatic heterocycles. The van der Waals surface area contributed by atoms with Gasteiger partial charge in [-0.25, -0.2) is 0 Å². The van der Waals surface area contributed by atoms with E-state index < -0.39 is 0 Å². The van der Waals surface area contributed by atoms with Gasteiger partial charge in [0.15, 0.2) is 0 Å². The summed E-state index contributed by atoms with van der Waals surface area (Å²) in [7, 11) is 1.57. The molecule has 0 unspecified atom stereocenters. The Kier molecular flexibility index (Phi) is 4.24. The fraction of sp³-hybridized carbons (Fsp3) is 0.158. The molecule has 0 atom stereocenters. The Balaban J connectivity index is 2.07. The van der Waals surface area contributed by atoms with Gasteiger partial charge in [-0.05, 0) is 29.5 Å². The van der Waals surface area contributed by atoms with E-state index in [9.17, 15) is 9.59 Å². The summed E-state index contributed by atoms with van der Waals surface area (Å²) in [5, 5.41) is 4.03. The largest absolute Gasteiger partial charge is 0.354 e. The van der Waals surface area contributed by atoms with Gasteiger partial charge in [0.25, 0.3) is 11.5 Å². The predicted octanol–water partition coefficient (Wildman–Crippen LogP) is 2.60. The lowest BCUT2D eigenvalue weighted by molar-refractivity contribution is 0.0952. The number of fused-ring (bicyclic) bond motifs is 1. The molecule has 0 spiro atoms. The third kappa shape index (κ3) is 3.01. The number of nitrogens with zero attached hydrogens (tertiary/aromatic N) is 1. The van der Waals surface area contributed by atoms with Crippen molar-refractivity contribution in [1.82, 2.24) is 9.88 Å². The molecule has 0 saturated heterocycles. The van der Waals surface area contributed by atoms with Crippen LogP contribution in [0.5, 0.6) is 0 Å². The van der Waals surface area contributed by atoms with E-state index in [4.69, 9.17) is 0 Å². The van der Waals surface area contributed by atoms with E-state index >= 15 is 0 Å². The van der Waals surface area contributed by atoms with Crippen LogP contribution in [0.1, 0.15) is 16.1 Å². The fourth-order valence-corrected chi connectivity index (χ4v) is 2.72. The van der Waals surface area contributed by atoms with Gasteiger partial charge in [-0.1, -0.05) is 48.5 Å². The highest BCUT2D eigenvalue weighted by molar-refractivity contribution is 5.96. The molecule has 2 aromatic carbocycles. The second kappa shape index (κ2) is 6.48. The minimum atomic E-state index is -0.249. The summed E-state index contributed by atoms with van der Waals surface area (Å²) in [5.74, 6) is -0.249. The van der Waals surface area contributed by atoms with Crippen LogP contribution in [0.25, 0.3) is 10.8 Å². The lowest BCUT2D eigenvalue weighted by Crippen LogP contribution is -2.31. The summed E-state index contributed by atoms with van der Waals surface area (Å²) in [6.45, 7) is 0.469. The van der Waals surface area contributed by atoms with Crippen LogP contribution in [0.4, 0.5) is 0 Å². The van der Waals surface area contributed by atoms with Crippen LogP contribution in [0.3, 0.4) is 0 Å². The van der Waals surface area contributed by atoms with E-state index in [0.29, 0.717) is 24.0 Å². The van der Waals surface area contributed by atoms with Crippen molar-refractivity contribution < 1.29 is 4.79 Å². The maximum Gasteiger partial charge on any atom is 0.267 e. The average Bonchev–Trinajstić information content (AvgIpc) is 2.61.